The first-order valence-corrected chi connectivity index (χ1v) is 7.23. The molecule has 1 aromatic carbocycles. The molecule has 1 atom stereocenters. The molecule has 1 aromatic rings. The number of benzene rings is 1. The molecule has 19 heavy (non-hydrogen) atoms. The Morgan fingerprint density at radius 3 is 2.95 bits per heavy atom. The maximum atomic E-state index is 9.33. The molecule has 3 nitrogen and oxygen atoms in total. The Hall–Kier alpha value is -1.53. The Morgan fingerprint density at radius 2 is 2.32 bits per heavy atom. The largest absolute Gasteiger partial charge is 0.369 e. The molecule has 102 valence electrons. The lowest BCUT2D eigenvalue weighted by Crippen LogP contribution is -2.38. The SMILES string of the molecule is CCCN(CC1CCCN1)c1ccc(C)cc1C#N. The quantitative estimate of drug-likeness (QED) is 0.881. The van der Waals surface area contributed by atoms with Crippen LogP contribution in [0.3, 0.4) is 0 Å². The van der Waals surface area contributed by atoms with Crippen molar-refractivity contribution in [3.05, 3.63) is 29.3 Å². The molecule has 0 radical (unpaired) electrons. The zero-order valence-electron chi connectivity index (χ0n) is 11.9. The Labute approximate surface area is 116 Å². The topological polar surface area (TPSA) is 39.1 Å². The van der Waals surface area contributed by atoms with Crippen LogP contribution < -0.4 is 10.2 Å². The fraction of sp³-hybridized carbons (Fsp3) is 0.562. The fourth-order valence-electron chi connectivity index (χ4n) is 2.77. The molecule has 1 unspecified atom stereocenters. The van der Waals surface area contributed by atoms with Crippen LogP contribution in [0.15, 0.2) is 18.2 Å². The average molecular weight is 257 g/mol. The van der Waals surface area contributed by atoms with E-state index in [2.05, 4.69) is 35.3 Å². The highest BCUT2D eigenvalue weighted by molar-refractivity contribution is 5.60. The van der Waals surface area contributed by atoms with Crippen LogP contribution in [0.25, 0.3) is 0 Å². The molecule has 0 aliphatic carbocycles. The lowest BCUT2D eigenvalue weighted by atomic mass is 10.1. The lowest BCUT2D eigenvalue weighted by Gasteiger charge is -2.28. The summed E-state index contributed by atoms with van der Waals surface area (Å²) in [5.41, 5.74) is 3.03. The van der Waals surface area contributed by atoms with Gasteiger partial charge in [0.05, 0.1) is 11.3 Å². The van der Waals surface area contributed by atoms with Crippen molar-refractivity contribution in [2.75, 3.05) is 24.5 Å². The molecular weight excluding hydrogens is 234 g/mol. The Bertz CT molecular complexity index is 456. The average Bonchev–Trinajstić information content (AvgIpc) is 2.91. The summed E-state index contributed by atoms with van der Waals surface area (Å²) in [5, 5.41) is 12.9. The first kappa shape index (κ1) is 13.9. The van der Waals surface area contributed by atoms with E-state index < -0.39 is 0 Å². The van der Waals surface area contributed by atoms with E-state index in [1.54, 1.807) is 0 Å². The van der Waals surface area contributed by atoms with E-state index >= 15 is 0 Å². The second-order valence-electron chi connectivity index (χ2n) is 5.37. The Morgan fingerprint density at radius 1 is 1.47 bits per heavy atom. The van der Waals surface area contributed by atoms with Crippen molar-refractivity contribution >= 4 is 5.69 Å². The first-order chi connectivity index (χ1) is 9.24. The Balaban J connectivity index is 2.20. The number of hydrogen-bond donors (Lipinski definition) is 1. The highest BCUT2D eigenvalue weighted by Crippen LogP contribution is 2.23. The molecule has 1 aliphatic rings. The predicted octanol–water partition coefficient (Wildman–Crippen LogP) is 2.84. The van der Waals surface area contributed by atoms with Gasteiger partial charge in [0, 0.05) is 19.1 Å². The third-order valence-electron chi connectivity index (χ3n) is 3.71. The molecule has 0 spiro atoms. The van der Waals surface area contributed by atoms with Gasteiger partial charge < -0.3 is 10.2 Å². The summed E-state index contributed by atoms with van der Waals surface area (Å²) in [4.78, 5) is 2.36. The van der Waals surface area contributed by atoms with Crippen molar-refractivity contribution in [2.45, 2.75) is 39.2 Å². The van der Waals surface area contributed by atoms with E-state index in [1.165, 1.54) is 12.8 Å². The summed E-state index contributed by atoms with van der Waals surface area (Å²) in [7, 11) is 0. The summed E-state index contributed by atoms with van der Waals surface area (Å²) >= 11 is 0. The van der Waals surface area contributed by atoms with Gasteiger partial charge in [-0.3, -0.25) is 0 Å². The van der Waals surface area contributed by atoms with Gasteiger partial charge in [0.1, 0.15) is 6.07 Å². The van der Waals surface area contributed by atoms with E-state index in [4.69, 9.17) is 0 Å². The third-order valence-corrected chi connectivity index (χ3v) is 3.71. The number of nitrogens with zero attached hydrogens (tertiary/aromatic N) is 2. The summed E-state index contributed by atoms with van der Waals surface area (Å²) in [6.45, 7) is 7.37. The third kappa shape index (κ3) is 3.48. The number of nitrogens with one attached hydrogen (secondary N) is 1. The van der Waals surface area contributed by atoms with E-state index in [1.807, 2.05) is 13.0 Å². The number of hydrogen-bond acceptors (Lipinski definition) is 3. The van der Waals surface area contributed by atoms with Gasteiger partial charge >= 0.3 is 0 Å². The maximum Gasteiger partial charge on any atom is 0.101 e. The van der Waals surface area contributed by atoms with Gasteiger partial charge in [0.15, 0.2) is 0 Å². The van der Waals surface area contributed by atoms with Crippen LogP contribution in [0.2, 0.25) is 0 Å². The van der Waals surface area contributed by atoms with E-state index in [0.29, 0.717) is 6.04 Å². The smallest absolute Gasteiger partial charge is 0.101 e. The molecule has 0 amide bonds. The molecule has 0 aromatic heterocycles. The van der Waals surface area contributed by atoms with Crippen molar-refractivity contribution in [1.82, 2.24) is 5.32 Å². The van der Waals surface area contributed by atoms with Crippen molar-refractivity contribution in [2.24, 2.45) is 0 Å². The van der Waals surface area contributed by atoms with Crippen LogP contribution in [0.5, 0.6) is 0 Å². The summed E-state index contributed by atoms with van der Waals surface area (Å²) in [6, 6.07) is 9.09. The molecule has 1 N–H and O–H groups in total. The van der Waals surface area contributed by atoms with Crippen molar-refractivity contribution in [1.29, 1.82) is 5.26 Å². The minimum absolute atomic E-state index is 0.569. The lowest BCUT2D eigenvalue weighted by molar-refractivity contribution is 0.578. The molecule has 1 saturated heterocycles. The summed E-state index contributed by atoms with van der Waals surface area (Å²) in [5.74, 6) is 0. The molecule has 3 heteroatoms. The minimum atomic E-state index is 0.569. The van der Waals surface area contributed by atoms with Gasteiger partial charge in [0.2, 0.25) is 0 Å². The number of anilines is 1. The van der Waals surface area contributed by atoms with Crippen LogP contribution in [0.1, 0.15) is 37.3 Å². The Kier molecular flexibility index (Phi) is 4.81. The predicted molar refractivity (Wildman–Crippen MR) is 79.4 cm³/mol. The second-order valence-corrected chi connectivity index (χ2v) is 5.37. The van der Waals surface area contributed by atoms with Crippen LogP contribution in [-0.2, 0) is 0 Å². The molecule has 1 fully saturated rings. The molecule has 1 heterocycles. The van der Waals surface area contributed by atoms with Crippen molar-refractivity contribution in [3.8, 4) is 6.07 Å². The summed E-state index contributed by atoms with van der Waals surface area (Å²) < 4.78 is 0. The zero-order valence-corrected chi connectivity index (χ0v) is 11.9. The maximum absolute atomic E-state index is 9.33. The number of rotatable bonds is 5. The normalized spacial score (nSPS) is 18.3. The fourth-order valence-corrected chi connectivity index (χ4v) is 2.77. The standard InChI is InChI=1S/C16H23N3/c1-3-9-19(12-15-5-4-8-18-15)16-7-6-13(2)10-14(16)11-17/h6-7,10,15,18H,3-5,8-9,12H2,1-2H3. The number of nitriles is 1. The van der Waals surface area contributed by atoms with Gasteiger partial charge in [-0.1, -0.05) is 13.0 Å². The van der Waals surface area contributed by atoms with Crippen LogP contribution in [-0.4, -0.2) is 25.7 Å². The van der Waals surface area contributed by atoms with Crippen LogP contribution in [0, 0.1) is 18.3 Å². The van der Waals surface area contributed by atoms with Gasteiger partial charge in [-0.2, -0.15) is 5.26 Å². The van der Waals surface area contributed by atoms with Crippen LogP contribution in [0.4, 0.5) is 5.69 Å². The molecule has 0 saturated carbocycles. The highest BCUT2D eigenvalue weighted by atomic mass is 15.2. The van der Waals surface area contributed by atoms with Gasteiger partial charge in [0.25, 0.3) is 0 Å². The van der Waals surface area contributed by atoms with Gasteiger partial charge in [-0.05, 0) is 50.4 Å². The van der Waals surface area contributed by atoms with Gasteiger partial charge in [-0.25, -0.2) is 0 Å². The molecule has 1 aliphatic heterocycles. The monoisotopic (exact) mass is 257 g/mol. The van der Waals surface area contributed by atoms with Crippen molar-refractivity contribution < 1.29 is 0 Å². The van der Waals surface area contributed by atoms with E-state index in [9.17, 15) is 5.26 Å². The van der Waals surface area contributed by atoms with Gasteiger partial charge in [-0.15, -0.1) is 0 Å². The highest BCUT2D eigenvalue weighted by Gasteiger charge is 2.19. The minimum Gasteiger partial charge on any atom is -0.369 e. The van der Waals surface area contributed by atoms with E-state index in [0.717, 1.165) is 42.9 Å². The van der Waals surface area contributed by atoms with Crippen LogP contribution >= 0.6 is 0 Å². The van der Waals surface area contributed by atoms with Crippen molar-refractivity contribution in [3.63, 3.8) is 0 Å². The molecule has 0 bridgehead atoms. The molecule has 2 rings (SSSR count). The second kappa shape index (κ2) is 6.58. The zero-order chi connectivity index (χ0) is 13.7. The number of aryl methyl sites for hydroxylation is 1. The molecular formula is C16H23N3. The summed E-state index contributed by atoms with van der Waals surface area (Å²) in [6.07, 6.45) is 3.61. The first-order valence-electron chi connectivity index (χ1n) is 7.23. The van der Waals surface area contributed by atoms with E-state index in [-0.39, 0.29) is 0 Å².